The van der Waals surface area contributed by atoms with Crippen LogP contribution in [0.25, 0.3) is 10.9 Å². The molecule has 0 aliphatic carbocycles. The van der Waals surface area contributed by atoms with Gasteiger partial charge in [0, 0.05) is 31.7 Å². The van der Waals surface area contributed by atoms with Gasteiger partial charge in [-0.1, -0.05) is 17.7 Å². The molecule has 1 aliphatic rings. The van der Waals surface area contributed by atoms with Crippen LogP contribution in [0.4, 0.5) is 4.39 Å². The first kappa shape index (κ1) is 27.6. The number of Topliss-reactive ketones (excluding diaryl/α,β-unsaturated/α-hetero) is 1. The van der Waals surface area contributed by atoms with Crippen molar-refractivity contribution in [1.82, 2.24) is 13.8 Å². The maximum Gasteiger partial charge on any atom is 0.268 e. The van der Waals surface area contributed by atoms with Crippen LogP contribution in [0.5, 0.6) is 0 Å². The van der Waals surface area contributed by atoms with E-state index < -0.39 is 21.6 Å². The van der Waals surface area contributed by atoms with Gasteiger partial charge in [0.15, 0.2) is 0 Å². The molecule has 1 aromatic heterocycles. The number of allylic oxidation sites excluding steroid dienone is 1. The topological polar surface area (TPSA) is 86.4 Å². The highest BCUT2D eigenvalue weighted by atomic mass is 32.2. The van der Waals surface area contributed by atoms with Crippen molar-refractivity contribution in [1.29, 1.82) is 5.26 Å². The van der Waals surface area contributed by atoms with Gasteiger partial charge < -0.3 is 9.80 Å². The lowest BCUT2D eigenvalue weighted by Crippen LogP contribution is -2.38. The van der Waals surface area contributed by atoms with Gasteiger partial charge >= 0.3 is 0 Å². The molecule has 2 heterocycles. The van der Waals surface area contributed by atoms with Gasteiger partial charge in [-0.15, -0.1) is 0 Å². The number of aromatic nitrogens is 1. The third-order valence-corrected chi connectivity index (χ3v) is 8.86. The minimum Gasteiger partial charge on any atom is -0.382 e. The highest BCUT2D eigenvalue weighted by Crippen LogP contribution is 2.35. The van der Waals surface area contributed by atoms with Gasteiger partial charge in [-0.2, -0.15) is 5.26 Å². The first-order valence-corrected chi connectivity index (χ1v) is 14.1. The van der Waals surface area contributed by atoms with Crippen LogP contribution in [0.15, 0.2) is 59.1 Å². The summed E-state index contributed by atoms with van der Waals surface area (Å²) in [5.41, 5.74) is 1.03. The number of hydrogen-bond acceptors (Lipinski definition) is 6. The molecule has 200 valence electrons. The Bertz CT molecular complexity index is 1540. The van der Waals surface area contributed by atoms with Crippen LogP contribution in [-0.2, 0) is 10.0 Å². The largest absolute Gasteiger partial charge is 0.382 e. The maximum absolute atomic E-state index is 15.6. The van der Waals surface area contributed by atoms with Gasteiger partial charge in [-0.25, -0.2) is 16.8 Å². The monoisotopic (exact) mass is 536 g/mol. The van der Waals surface area contributed by atoms with Crippen molar-refractivity contribution >= 4 is 26.7 Å². The Labute approximate surface area is 223 Å². The Kier molecular flexibility index (Phi) is 7.77. The van der Waals surface area contributed by atoms with E-state index in [1.807, 2.05) is 13.0 Å². The molecule has 7 nitrogen and oxygen atoms in total. The molecule has 0 N–H and O–H groups in total. The molecule has 0 radical (unpaired) electrons. The Morgan fingerprint density at radius 2 is 1.76 bits per heavy atom. The summed E-state index contributed by atoms with van der Waals surface area (Å²) in [6.45, 7) is 7.83. The van der Waals surface area contributed by atoms with E-state index in [-0.39, 0.29) is 27.6 Å². The number of nitriles is 1. The predicted octanol–water partition coefficient (Wildman–Crippen LogP) is 5.07. The molecule has 0 amide bonds. The fourth-order valence-electron chi connectivity index (χ4n) is 5.03. The number of nitrogens with zero attached hydrogens (tertiary/aromatic N) is 4. The molecule has 38 heavy (non-hydrogen) atoms. The van der Waals surface area contributed by atoms with Gasteiger partial charge in [-0.3, -0.25) is 4.79 Å². The predicted molar refractivity (Wildman–Crippen MR) is 146 cm³/mol. The number of fused-ring (bicyclic) bond motifs is 1. The molecule has 1 fully saturated rings. The molecule has 1 aliphatic heterocycles. The summed E-state index contributed by atoms with van der Waals surface area (Å²) in [5, 5.41) is 10.1. The van der Waals surface area contributed by atoms with E-state index in [0.717, 1.165) is 35.5 Å². The molecule has 0 spiro atoms. The van der Waals surface area contributed by atoms with Crippen molar-refractivity contribution in [2.75, 3.05) is 27.2 Å². The summed E-state index contributed by atoms with van der Waals surface area (Å²) in [6.07, 6.45) is 2.93. The van der Waals surface area contributed by atoms with Crippen molar-refractivity contribution in [2.24, 2.45) is 0 Å². The molecule has 0 atom stereocenters. The first-order chi connectivity index (χ1) is 17.9. The van der Waals surface area contributed by atoms with E-state index in [4.69, 9.17) is 0 Å². The Balaban J connectivity index is 1.90. The van der Waals surface area contributed by atoms with Gasteiger partial charge in [0.25, 0.3) is 10.0 Å². The third-order valence-electron chi connectivity index (χ3n) is 7.12. The average Bonchev–Trinajstić information content (AvgIpc) is 3.25. The quantitative estimate of drug-likeness (QED) is 0.238. The average molecular weight is 537 g/mol. The fourth-order valence-corrected chi connectivity index (χ4v) is 6.53. The third kappa shape index (κ3) is 5.24. The van der Waals surface area contributed by atoms with Crippen molar-refractivity contribution in [2.45, 2.75) is 50.5 Å². The molecule has 9 heteroatoms. The van der Waals surface area contributed by atoms with E-state index in [0.29, 0.717) is 17.0 Å². The zero-order valence-corrected chi connectivity index (χ0v) is 23.2. The Hall–Kier alpha value is -3.48. The number of aryl methyl sites for hydroxylation is 1. The van der Waals surface area contributed by atoms with Crippen molar-refractivity contribution in [3.8, 4) is 6.07 Å². The summed E-state index contributed by atoms with van der Waals surface area (Å²) < 4.78 is 44.2. The van der Waals surface area contributed by atoms with Gasteiger partial charge in [-0.05, 0) is 88.5 Å². The number of benzene rings is 2. The maximum atomic E-state index is 15.6. The number of likely N-dealkylation sites (tertiary alicyclic amines) is 1. The van der Waals surface area contributed by atoms with Crippen LogP contribution in [-0.4, -0.2) is 61.2 Å². The normalized spacial score (nSPS) is 15.7. The van der Waals surface area contributed by atoms with Gasteiger partial charge in [0.1, 0.15) is 23.2 Å². The van der Waals surface area contributed by atoms with Crippen LogP contribution < -0.4 is 0 Å². The minimum atomic E-state index is -4.28. The number of piperidine rings is 1. The number of rotatable bonds is 7. The Morgan fingerprint density at radius 1 is 1.13 bits per heavy atom. The van der Waals surface area contributed by atoms with Crippen LogP contribution in [0.3, 0.4) is 0 Å². The summed E-state index contributed by atoms with van der Waals surface area (Å²) in [4.78, 5) is 17.4. The summed E-state index contributed by atoms with van der Waals surface area (Å²) >= 11 is 0. The van der Waals surface area contributed by atoms with Crippen molar-refractivity contribution in [3.63, 3.8) is 0 Å². The molecule has 1 saturated heterocycles. The number of halogens is 1. The van der Waals surface area contributed by atoms with Crippen LogP contribution in [0, 0.1) is 24.1 Å². The summed E-state index contributed by atoms with van der Waals surface area (Å²) in [7, 11) is -0.960. The molecule has 0 unspecified atom stereocenters. The van der Waals surface area contributed by atoms with E-state index in [2.05, 4.69) is 18.7 Å². The molecule has 4 rings (SSSR count). The number of ketones is 1. The molecule has 0 bridgehead atoms. The zero-order valence-electron chi connectivity index (χ0n) is 22.4. The van der Waals surface area contributed by atoms with E-state index >= 15 is 4.39 Å². The molecule has 0 saturated carbocycles. The number of hydrogen-bond donors (Lipinski definition) is 0. The van der Waals surface area contributed by atoms with Gasteiger partial charge in [0.2, 0.25) is 5.78 Å². The second-order valence-electron chi connectivity index (χ2n) is 10.4. The molecule has 2 aromatic carbocycles. The van der Waals surface area contributed by atoms with Crippen LogP contribution >= 0.6 is 0 Å². The summed E-state index contributed by atoms with van der Waals surface area (Å²) in [6, 6.07) is 12.9. The zero-order chi connectivity index (χ0) is 27.8. The van der Waals surface area contributed by atoms with Gasteiger partial charge in [0.05, 0.1) is 10.4 Å². The second-order valence-corrected chi connectivity index (χ2v) is 12.2. The van der Waals surface area contributed by atoms with E-state index in [1.165, 1.54) is 30.5 Å². The SMILES string of the molecule is Cc1ccc(S(=O)(=O)n2c(C(=O)C(C#N)=CN(C)C)cc3cc(C4CCN(C(C)C)CC4)c(F)cc32)cc1. The number of carbonyl (C=O) groups excluding carboxylic acids is 1. The first-order valence-electron chi connectivity index (χ1n) is 12.7. The highest BCUT2D eigenvalue weighted by Gasteiger charge is 2.30. The molecule has 3 aromatic rings. The summed E-state index contributed by atoms with van der Waals surface area (Å²) in [5.74, 6) is -1.25. The van der Waals surface area contributed by atoms with Crippen molar-refractivity contribution < 1.29 is 17.6 Å². The lowest BCUT2D eigenvalue weighted by molar-refractivity contribution is 0.103. The van der Waals surface area contributed by atoms with Crippen LogP contribution in [0.1, 0.15) is 54.2 Å². The minimum absolute atomic E-state index is 0.00564. The van der Waals surface area contributed by atoms with E-state index in [9.17, 15) is 18.5 Å². The lowest BCUT2D eigenvalue weighted by Gasteiger charge is -2.34. The lowest BCUT2D eigenvalue weighted by atomic mass is 9.88. The fraction of sp³-hybridized carbons (Fsp3) is 0.379. The standard InChI is InChI=1S/C29H33FN4O3S/c1-19(2)33-12-10-21(11-13-33)25-14-22-15-28(29(35)23(17-31)18-32(4)5)34(27(22)16-26(25)30)38(36,37)24-8-6-20(3)7-9-24/h6-9,14-16,18-19,21H,10-13H2,1-5H3. The molecular formula is C29H33FN4O3S. The highest BCUT2D eigenvalue weighted by molar-refractivity contribution is 7.90. The van der Waals surface area contributed by atoms with E-state index in [1.54, 1.807) is 37.2 Å². The second kappa shape index (κ2) is 10.7. The molecular weight excluding hydrogens is 503 g/mol. The number of carbonyl (C=O) groups is 1. The smallest absolute Gasteiger partial charge is 0.268 e. The van der Waals surface area contributed by atoms with Crippen molar-refractivity contribution in [3.05, 3.63) is 76.9 Å². The Morgan fingerprint density at radius 3 is 2.32 bits per heavy atom. The van der Waals surface area contributed by atoms with Crippen LogP contribution in [0.2, 0.25) is 0 Å².